The maximum atomic E-state index is 11.6. The fourth-order valence-corrected chi connectivity index (χ4v) is 3.06. The molecule has 0 spiro atoms. The van der Waals surface area contributed by atoms with Crippen molar-refractivity contribution in [2.45, 2.75) is 25.0 Å². The molecule has 136 valence electrons. The second kappa shape index (κ2) is 7.89. The lowest BCUT2D eigenvalue weighted by atomic mass is 10.1. The highest BCUT2D eigenvalue weighted by Crippen LogP contribution is 2.28. The first kappa shape index (κ1) is 17.8. The summed E-state index contributed by atoms with van der Waals surface area (Å²) in [4.78, 5) is 24.6. The highest BCUT2D eigenvalue weighted by atomic mass is 16.5. The van der Waals surface area contributed by atoms with E-state index in [2.05, 4.69) is 10.3 Å². The van der Waals surface area contributed by atoms with E-state index in [-0.39, 0.29) is 6.04 Å². The summed E-state index contributed by atoms with van der Waals surface area (Å²) in [6.45, 7) is 1.09. The van der Waals surface area contributed by atoms with Gasteiger partial charge in [-0.25, -0.2) is 10.2 Å². The van der Waals surface area contributed by atoms with Crippen molar-refractivity contribution in [3.63, 3.8) is 0 Å². The molecule has 0 aliphatic carbocycles. The lowest BCUT2D eigenvalue weighted by Crippen LogP contribution is -2.35. The summed E-state index contributed by atoms with van der Waals surface area (Å²) in [6, 6.07) is 9.00. The smallest absolute Gasteiger partial charge is 0.321 e. The Morgan fingerprint density at radius 1 is 1.31 bits per heavy atom. The molecule has 1 aliphatic rings. The SMILES string of the molecule is O=C(/C=C/c1cn([C@@H]2C[C@H](C(=O)O)N(Cc3ccccc3)C2)nn1)NO. The molecule has 3 N–H and O–H groups in total. The number of hydrogen-bond donors (Lipinski definition) is 3. The van der Waals surface area contributed by atoms with E-state index in [9.17, 15) is 14.7 Å². The molecule has 2 atom stereocenters. The summed E-state index contributed by atoms with van der Waals surface area (Å²) < 4.78 is 1.62. The number of carbonyl (C=O) groups is 2. The van der Waals surface area contributed by atoms with Gasteiger partial charge in [0.25, 0.3) is 5.91 Å². The number of aliphatic carboxylic acids is 1. The Morgan fingerprint density at radius 2 is 2.08 bits per heavy atom. The predicted octanol–water partition coefficient (Wildman–Crippen LogP) is 0.697. The molecule has 0 unspecified atom stereocenters. The highest BCUT2D eigenvalue weighted by molar-refractivity contribution is 5.90. The van der Waals surface area contributed by atoms with Gasteiger partial charge < -0.3 is 5.11 Å². The van der Waals surface area contributed by atoms with Crippen LogP contribution in [0.3, 0.4) is 0 Å². The number of rotatable bonds is 6. The second-order valence-corrected chi connectivity index (χ2v) is 6.09. The van der Waals surface area contributed by atoms with E-state index in [1.807, 2.05) is 35.2 Å². The van der Waals surface area contributed by atoms with Crippen LogP contribution in [0.1, 0.15) is 23.7 Å². The predicted molar refractivity (Wildman–Crippen MR) is 90.9 cm³/mol. The fourth-order valence-electron chi connectivity index (χ4n) is 3.06. The molecule has 1 aromatic heterocycles. The number of hydroxylamine groups is 1. The van der Waals surface area contributed by atoms with Crippen LogP contribution in [0.4, 0.5) is 0 Å². The molecule has 2 heterocycles. The van der Waals surface area contributed by atoms with Crippen LogP contribution in [0, 0.1) is 0 Å². The van der Waals surface area contributed by atoms with Gasteiger partial charge in [0.2, 0.25) is 0 Å². The van der Waals surface area contributed by atoms with E-state index in [0.717, 1.165) is 11.6 Å². The number of carbonyl (C=O) groups excluding carboxylic acids is 1. The number of amides is 1. The number of benzene rings is 1. The lowest BCUT2D eigenvalue weighted by Gasteiger charge is -2.20. The number of nitrogens with zero attached hydrogens (tertiary/aromatic N) is 4. The second-order valence-electron chi connectivity index (χ2n) is 6.09. The topological polar surface area (TPSA) is 121 Å². The van der Waals surface area contributed by atoms with Crippen molar-refractivity contribution in [2.75, 3.05) is 6.54 Å². The summed E-state index contributed by atoms with van der Waals surface area (Å²) in [5, 5.41) is 26.0. The number of hydrogen-bond acceptors (Lipinski definition) is 6. The third-order valence-corrected chi connectivity index (χ3v) is 4.31. The van der Waals surface area contributed by atoms with Crippen molar-refractivity contribution in [1.82, 2.24) is 25.4 Å². The van der Waals surface area contributed by atoms with Gasteiger partial charge in [0.1, 0.15) is 11.7 Å². The molecule has 26 heavy (non-hydrogen) atoms. The van der Waals surface area contributed by atoms with Crippen LogP contribution in [0.5, 0.6) is 0 Å². The Kier molecular flexibility index (Phi) is 5.40. The summed E-state index contributed by atoms with van der Waals surface area (Å²) in [5.74, 6) is -1.52. The lowest BCUT2D eigenvalue weighted by molar-refractivity contribution is -0.142. The van der Waals surface area contributed by atoms with Gasteiger partial charge in [-0.1, -0.05) is 35.5 Å². The summed E-state index contributed by atoms with van der Waals surface area (Å²) >= 11 is 0. The van der Waals surface area contributed by atoms with E-state index in [0.29, 0.717) is 25.2 Å². The molecule has 1 saturated heterocycles. The van der Waals surface area contributed by atoms with Gasteiger partial charge in [-0.2, -0.15) is 0 Å². The van der Waals surface area contributed by atoms with E-state index < -0.39 is 17.9 Å². The van der Waals surface area contributed by atoms with Crippen LogP contribution >= 0.6 is 0 Å². The van der Waals surface area contributed by atoms with Gasteiger partial charge in [-0.15, -0.1) is 5.10 Å². The number of likely N-dealkylation sites (tertiary alicyclic amines) is 1. The van der Waals surface area contributed by atoms with E-state index in [4.69, 9.17) is 5.21 Å². The first-order chi connectivity index (χ1) is 12.6. The van der Waals surface area contributed by atoms with Crippen LogP contribution in [-0.4, -0.2) is 54.7 Å². The van der Waals surface area contributed by atoms with Gasteiger partial charge in [0.05, 0.1) is 12.2 Å². The third kappa shape index (κ3) is 4.13. The largest absolute Gasteiger partial charge is 0.480 e. The Morgan fingerprint density at radius 3 is 2.77 bits per heavy atom. The van der Waals surface area contributed by atoms with Crippen molar-refractivity contribution in [2.24, 2.45) is 0 Å². The van der Waals surface area contributed by atoms with E-state index >= 15 is 0 Å². The third-order valence-electron chi connectivity index (χ3n) is 4.31. The number of aromatic nitrogens is 3. The number of carboxylic acids is 1. The van der Waals surface area contributed by atoms with Gasteiger partial charge >= 0.3 is 5.97 Å². The zero-order chi connectivity index (χ0) is 18.5. The van der Waals surface area contributed by atoms with Crippen molar-refractivity contribution in [3.05, 3.63) is 53.9 Å². The molecular formula is C17H19N5O4. The highest BCUT2D eigenvalue weighted by Gasteiger charge is 2.38. The normalized spacial score (nSPS) is 20.5. The quantitative estimate of drug-likeness (QED) is 0.395. The average Bonchev–Trinajstić information content (AvgIpc) is 3.27. The van der Waals surface area contributed by atoms with E-state index in [1.165, 1.54) is 11.6 Å². The van der Waals surface area contributed by atoms with Crippen LogP contribution in [0.25, 0.3) is 6.08 Å². The molecule has 0 saturated carbocycles. The van der Waals surface area contributed by atoms with Crippen LogP contribution in [-0.2, 0) is 16.1 Å². The average molecular weight is 357 g/mol. The molecule has 1 aromatic carbocycles. The molecule has 0 bridgehead atoms. The minimum absolute atomic E-state index is 0.124. The Balaban J connectivity index is 1.71. The minimum Gasteiger partial charge on any atom is -0.480 e. The van der Waals surface area contributed by atoms with Gasteiger partial charge in [-0.05, 0) is 18.1 Å². The molecule has 1 amide bonds. The monoisotopic (exact) mass is 357 g/mol. The zero-order valence-corrected chi connectivity index (χ0v) is 13.9. The summed E-state index contributed by atoms with van der Waals surface area (Å²) in [6.07, 6.45) is 4.62. The minimum atomic E-state index is -0.858. The van der Waals surface area contributed by atoms with E-state index in [1.54, 1.807) is 10.9 Å². The number of carboxylic acid groups (broad SMARTS) is 1. The van der Waals surface area contributed by atoms with Crippen LogP contribution in [0.2, 0.25) is 0 Å². The van der Waals surface area contributed by atoms with Crippen molar-refractivity contribution >= 4 is 18.0 Å². The van der Waals surface area contributed by atoms with Crippen LogP contribution < -0.4 is 5.48 Å². The molecular weight excluding hydrogens is 338 g/mol. The van der Waals surface area contributed by atoms with Crippen molar-refractivity contribution in [3.8, 4) is 0 Å². The summed E-state index contributed by atoms with van der Waals surface area (Å²) in [5.41, 5.74) is 2.99. The molecule has 3 rings (SSSR count). The van der Waals surface area contributed by atoms with Crippen LogP contribution in [0.15, 0.2) is 42.6 Å². The van der Waals surface area contributed by atoms with Crippen molar-refractivity contribution < 1.29 is 19.9 Å². The Bertz CT molecular complexity index is 804. The molecule has 9 heteroatoms. The first-order valence-corrected chi connectivity index (χ1v) is 8.11. The molecule has 0 radical (unpaired) electrons. The first-order valence-electron chi connectivity index (χ1n) is 8.11. The van der Waals surface area contributed by atoms with Gasteiger partial charge in [0.15, 0.2) is 0 Å². The Labute approximate surface area is 149 Å². The standard InChI is InChI=1S/C17H19N5O4/c23-16(19-26)7-6-13-10-22(20-18-13)14-8-15(17(24)25)21(11-14)9-12-4-2-1-3-5-12/h1-7,10,14-15,26H,8-9,11H2,(H,19,23)(H,24,25)/b7-6+/t14-,15-/m1/s1. The maximum absolute atomic E-state index is 11.6. The fraction of sp³-hybridized carbons (Fsp3) is 0.294. The Hall–Kier alpha value is -3.04. The zero-order valence-electron chi connectivity index (χ0n) is 13.9. The molecule has 1 aliphatic heterocycles. The van der Waals surface area contributed by atoms with Gasteiger partial charge in [0, 0.05) is 19.2 Å². The molecule has 9 nitrogen and oxygen atoms in total. The molecule has 1 fully saturated rings. The number of nitrogens with one attached hydrogen (secondary N) is 1. The maximum Gasteiger partial charge on any atom is 0.321 e. The van der Waals surface area contributed by atoms with Gasteiger partial charge in [-0.3, -0.25) is 19.7 Å². The molecule has 2 aromatic rings. The summed E-state index contributed by atoms with van der Waals surface area (Å²) in [7, 11) is 0. The van der Waals surface area contributed by atoms with Crippen molar-refractivity contribution in [1.29, 1.82) is 0 Å².